The maximum absolute atomic E-state index is 4.54. The van der Waals surface area contributed by atoms with E-state index >= 15 is 0 Å². The van der Waals surface area contributed by atoms with E-state index in [1.165, 1.54) is 11.1 Å². The van der Waals surface area contributed by atoms with Crippen LogP contribution in [0, 0.1) is 0 Å². The van der Waals surface area contributed by atoms with Crippen molar-refractivity contribution in [3.05, 3.63) is 127 Å². The van der Waals surface area contributed by atoms with Crippen LogP contribution in [0.15, 0.2) is 110 Å². The summed E-state index contributed by atoms with van der Waals surface area (Å²) in [5.74, 6) is 0.823. The molecular weight excluding hydrogens is 472 g/mol. The molecule has 1 aliphatic heterocycles. The Hall–Kier alpha value is -4.40. The molecular formula is C30H30N8. The van der Waals surface area contributed by atoms with Gasteiger partial charge in [0.15, 0.2) is 5.82 Å². The van der Waals surface area contributed by atoms with Crippen molar-refractivity contribution < 1.29 is 0 Å². The standard InChI is InChI=1S/C30H30N8/c1-3-8-25(9-4-1)10-7-18-35-20-22-36(23-21-35)29(26-13-15-27(16-14-26)37-19-17-31-24-37)30-32-33-34-38(30)28-11-5-2-6-12-28/h1-17,19,24,29H,18,20-23H2/b10-7+. The van der Waals surface area contributed by atoms with Crippen LogP contribution in [0.1, 0.15) is 23.0 Å². The number of piperazine rings is 1. The van der Waals surface area contributed by atoms with Gasteiger partial charge >= 0.3 is 0 Å². The molecule has 1 aliphatic rings. The molecule has 0 spiro atoms. The summed E-state index contributed by atoms with van der Waals surface area (Å²) in [4.78, 5) is 9.17. The zero-order valence-electron chi connectivity index (χ0n) is 21.2. The Kier molecular flexibility index (Phi) is 7.15. The second-order valence-electron chi connectivity index (χ2n) is 9.40. The molecule has 1 atom stereocenters. The Morgan fingerprint density at radius 2 is 1.53 bits per heavy atom. The second kappa shape index (κ2) is 11.3. The lowest BCUT2D eigenvalue weighted by Gasteiger charge is -2.38. The van der Waals surface area contributed by atoms with E-state index in [2.05, 4.69) is 91.0 Å². The van der Waals surface area contributed by atoms with Crippen LogP contribution in [0.3, 0.4) is 0 Å². The maximum atomic E-state index is 4.54. The van der Waals surface area contributed by atoms with Crippen LogP contribution in [0.2, 0.25) is 0 Å². The van der Waals surface area contributed by atoms with Crippen LogP contribution in [-0.4, -0.2) is 72.3 Å². The molecule has 1 saturated heterocycles. The molecule has 0 aliphatic carbocycles. The molecule has 0 bridgehead atoms. The fourth-order valence-corrected chi connectivity index (χ4v) is 4.99. The first-order valence-corrected chi connectivity index (χ1v) is 13.0. The van der Waals surface area contributed by atoms with Gasteiger partial charge < -0.3 is 4.57 Å². The summed E-state index contributed by atoms with van der Waals surface area (Å²) < 4.78 is 3.87. The summed E-state index contributed by atoms with van der Waals surface area (Å²) in [6.45, 7) is 4.75. The molecule has 3 aromatic carbocycles. The van der Waals surface area contributed by atoms with Crippen molar-refractivity contribution in [2.45, 2.75) is 6.04 Å². The smallest absolute Gasteiger partial charge is 0.178 e. The fourth-order valence-electron chi connectivity index (χ4n) is 4.99. The summed E-state index contributed by atoms with van der Waals surface area (Å²) in [6, 6.07) is 29.1. The summed E-state index contributed by atoms with van der Waals surface area (Å²) in [5.41, 5.74) is 4.43. The predicted molar refractivity (Wildman–Crippen MR) is 148 cm³/mol. The number of nitrogens with zero attached hydrogens (tertiary/aromatic N) is 8. The largest absolute Gasteiger partial charge is 0.306 e. The SMILES string of the molecule is C(=C\c1ccccc1)/CN1CCN(C(c2ccc(-n3ccnc3)cc2)c2nnnn2-c2ccccc2)CC1. The summed E-state index contributed by atoms with van der Waals surface area (Å²) in [7, 11) is 0. The van der Waals surface area contributed by atoms with Crippen molar-refractivity contribution >= 4 is 6.08 Å². The zero-order chi connectivity index (χ0) is 25.6. The maximum Gasteiger partial charge on any atom is 0.178 e. The molecule has 3 heterocycles. The van der Waals surface area contributed by atoms with Crippen LogP contribution < -0.4 is 0 Å². The Bertz CT molecular complexity index is 1440. The van der Waals surface area contributed by atoms with Gasteiger partial charge in [-0.15, -0.1) is 5.10 Å². The molecule has 1 unspecified atom stereocenters. The fraction of sp³-hybridized carbons (Fsp3) is 0.200. The number of aromatic nitrogens is 6. The van der Waals surface area contributed by atoms with Gasteiger partial charge in [0.05, 0.1) is 18.1 Å². The van der Waals surface area contributed by atoms with Crippen LogP contribution in [0.25, 0.3) is 17.5 Å². The molecule has 0 saturated carbocycles. The number of para-hydroxylation sites is 1. The summed E-state index contributed by atoms with van der Waals surface area (Å²) in [6.07, 6.45) is 10.0. The van der Waals surface area contributed by atoms with Crippen LogP contribution in [0.4, 0.5) is 0 Å². The normalized spacial score (nSPS) is 15.7. The molecule has 2 aromatic heterocycles. The van der Waals surface area contributed by atoms with Gasteiger partial charge in [-0.2, -0.15) is 4.68 Å². The average molecular weight is 503 g/mol. The molecule has 0 radical (unpaired) electrons. The zero-order valence-corrected chi connectivity index (χ0v) is 21.2. The highest BCUT2D eigenvalue weighted by Gasteiger charge is 2.30. The van der Waals surface area contributed by atoms with Gasteiger partial charge in [-0.05, 0) is 45.8 Å². The highest BCUT2D eigenvalue weighted by atomic mass is 15.6. The number of tetrazole rings is 1. The van der Waals surface area contributed by atoms with Gasteiger partial charge in [0.1, 0.15) is 0 Å². The lowest BCUT2D eigenvalue weighted by molar-refractivity contribution is 0.113. The molecule has 190 valence electrons. The molecule has 8 nitrogen and oxygen atoms in total. The Morgan fingerprint density at radius 3 is 2.24 bits per heavy atom. The number of hydrogen-bond acceptors (Lipinski definition) is 6. The molecule has 0 N–H and O–H groups in total. The highest BCUT2D eigenvalue weighted by Crippen LogP contribution is 2.30. The molecule has 5 aromatic rings. The van der Waals surface area contributed by atoms with Gasteiger partial charge in [0.2, 0.25) is 0 Å². The van der Waals surface area contributed by atoms with Crippen molar-refractivity contribution in [2.24, 2.45) is 0 Å². The van der Waals surface area contributed by atoms with Crippen LogP contribution in [-0.2, 0) is 0 Å². The van der Waals surface area contributed by atoms with E-state index in [0.29, 0.717) is 0 Å². The van der Waals surface area contributed by atoms with Crippen LogP contribution >= 0.6 is 0 Å². The first kappa shape index (κ1) is 24.0. The number of hydrogen-bond donors (Lipinski definition) is 0. The lowest BCUT2D eigenvalue weighted by Crippen LogP contribution is -2.48. The molecule has 38 heavy (non-hydrogen) atoms. The minimum atomic E-state index is -0.0657. The predicted octanol–water partition coefficient (Wildman–Crippen LogP) is 4.27. The van der Waals surface area contributed by atoms with Crippen molar-refractivity contribution in [3.63, 3.8) is 0 Å². The molecule has 8 heteroatoms. The first-order valence-electron chi connectivity index (χ1n) is 13.0. The van der Waals surface area contributed by atoms with Crippen molar-refractivity contribution in [1.29, 1.82) is 0 Å². The van der Waals surface area contributed by atoms with Gasteiger partial charge in [-0.25, -0.2) is 4.98 Å². The Labute approximate surface area is 222 Å². The molecule has 1 fully saturated rings. The first-order chi connectivity index (χ1) is 18.8. The minimum Gasteiger partial charge on any atom is -0.306 e. The van der Waals surface area contributed by atoms with Crippen LogP contribution in [0.5, 0.6) is 0 Å². The van der Waals surface area contributed by atoms with E-state index in [1.807, 2.05) is 58.2 Å². The monoisotopic (exact) mass is 502 g/mol. The number of benzene rings is 3. The van der Waals surface area contributed by atoms with Crippen molar-refractivity contribution in [1.82, 2.24) is 39.6 Å². The van der Waals surface area contributed by atoms with E-state index in [-0.39, 0.29) is 6.04 Å². The Balaban J connectivity index is 1.24. The van der Waals surface area contributed by atoms with Crippen molar-refractivity contribution in [3.8, 4) is 11.4 Å². The van der Waals surface area contributed by atoms with Gasteiger partial charge in [0, 0.05) is 50.8 Å². The lowest BCUT2D eigenvalue weighted by atomic mass is 10.0. The summed E-state index contributed by atoms with van der Waals surface area (Å²) in [5, 5.41) is 13.0. The van der Waals surface area contributed by atoms with Gasteiger partial charge in [0.25, 0.3) is 0 Å². The van der Waals surface area contributed by atoms with E-state index in [1.54, 1.807) is 6.20 Å². The third-order valence-corrected chi connectivity index (χ3v) is 7.00. The number of imidazole rings is 1. The van der Waals surface area contributed by atoms with Crippen molar-refractivity contribution in [2.75, 3.05) is 32.7 Å². The molecule has 6 rings (SSSR count). The third kappa shape index (κ3) is 5.32. The minimum absolute atomic E-state index is 0.0657. The average Bonchev–Trinajstić information content (AvgIpc) is 3.69. The summed E-state index contributed by atoms with van der Waals surface area (Å²) >= 11 is 0. The third-order valence-electron chi connectivity index (χ3n) is 7.00. The van der Waals surface area contributed by atoms with Gasteiger partial charge in [-0.1, -0.05) is 72.8 Å². The van der Waals surface area contributed by atoms with Gasteiger partial charge in [-0.3, -0.25) is 9.80 Å². The second-order valence-corrected chi connectivity index (χ2v) is 9.40. The Morgan fingerprint density at radius 1 is 0.789 bits per heavy atom. The van der Waals surface area contributed by atoms with E-state index < -0.39 is 0 Å². The topological polar surface area (TPSA) is 67.9 Å². The molecule has 0 amide bonds. The van der Waals surface area contributed by atoms with E-state index in [9.17, 15) is 0 Å². The van der Waals surface area contributed by atoms with E-state index in [0.717, 1.165) is 49.9 Å². The van der Waals surface area contributed by atoms with E-state index in [4.69, 9.17) is 0 Å². The highest BCUT2D eigenvalue weighted by molar-refractivity contribution is 5.48. The number of rotatable bonds is 8. The quantitative estimate of drug-likeness (QED) is 0.316.